The summed E-state index contributed by atoms with van der Waals surface area (Å²) < 4.78 is 10.1. The van der Waals surface area contributed by atoms with Gasteiger partial charge < -0.3 is 19.7 Å². The summed E-state index contributed by atoms with van der Waals surface area (Å²) in [4.78, 5) is 14.5. The SMILES string of the molecule is CNC(CN(C)CCCOC)(C(=O)OC)c1ccccc1. The molecule has 1 N–H and O–H groups in total. The molecular weight excluding hydrogens is 268 g/mol. The Hall–Kier alpha value is -1.43. The average Bonchev–Trinajstić information content (AvgIpc) is 2.53. The van der Waals surface area contributed by atoms with Crippen LogP contribution in [0, 0.1) is 0 Å². The van der Waals surface area contributed by atoms with Crippen molar-refractivity contribution in [2.75, 3.05) is 48.0 Å². The Morgan fingerprint density at radius 3 is 2.48 bits per heavy atom. The summed E-state index contributed by atoms with van der Waals surface area (Å²) in [5.41, 5.74) is 0.0376. The van der Waals surface area contributed by atoms with Crippen molar-refractivity contribution in [1.82, 2.24) is 10.2 Å². The van der Waals surface area contributed by atoms with Crippen LogP contribution in [0.25, 0.3) is 0 Å². The van der Waals surface area contributed by atoms with Crippen molar-refractivity contribution >= 4 is 5.97 Å². The molecule has 1 rings (SSSR count). The Morgan fingerprint density at radius 2 is 1.95 bits per heavy atom. The van der Waals surface area contributed by atoms with Crippen LogP contribution >= 0.6 is 0 Å². The Labute approximate surface area is 127 Å². The number of nitrogens with zero attached hydrogens (tertiary/aromatic N) is 1. The van der Waals surface area contributed by atoms with Gasteiger partial charge in [0.05, 0.1) is 7.11 Å². The summed E-state index contributed by atoms with van der Waals surface area (Å²) in [6.45, 7) is 2.09. The van der Waals surface area contributed by atoms with Gasteiger partial charge >= 0.3 is 5.97 Å². The maximum Gasteiger partial charge on any atom is 0.332 e. The van der Waals surface area contributed by atoms with Crippen molar-refractivity contribution in [3.63, 3.8) is 0 Å². The van der Waals surface area contributed by atoms with Crippen LogP contribution in [0.1, 0.15) is 12.0 Å². The van der Waals surface area contributed by atoms with Crippen LogP contribution in [-0.4, -0.2) is 58.9 Å². The molecule has 1 aromatic rings. The van der Waals surface area contributed by atoms with Crippen molar-refractivity contribution < 1.29 is 14.3 Å². The van der Waals surface area contributed by atoms with Crippen LogP contribution in [0.15, 0.2) is 30.3 Å². The zero-order valence-electron chi connectivity index (χ0n) is 13.4. The largest absolute Gasteiger partial charge is 0.467 e. The molecule has 0 saturated heterocycles. The van der Waals surface area contributed by atoms with E-state index in [9.17, 15) is 4.79 Å². The molecule has 0 aliphatic rings. The monoisotopic (exact) mass is 294 g/mol. The lowest BCUT2D eigenvalue weighted by Gasteiger charge is -2.35. The number of carbonyl (C=O) groups excluding carboxylic acids is 1. The van der Waals surface area contributed by atoms with Gasteiger partial charge in [0.2, 0.25) is 0 Å². The summed E-state index contributed by atoms with van der Waals surface area (Å²) in [7, 11) is 6.89. The van der Waals surface area contributed by atoms with Gasteiger partial charge in [-0.15, -0.1) is 0 Å². The highest BCUT2D eigenvalue weighted by molar-refractivity contribution is 5.83. The van der Waals surface area contributed by atoms with Gasteiger partial charge in [-0.1, -0.05) is 30.3 Å². The van der Waals surface area contributed by atoms with Crippen molar-refractivity contribution in [3.8, 4) is 0 Å². The van der Waals surface area contributed by atoms with E-state index < -0.39 is 5.54 Å². The van der Waals surface area contributed by atoms with Gasteiger partial charge in [0.25, 0.3) is 0 Å². The molecule has 0 saturated carbocycles. The Kier molecular flexibility index (Phi) is 7.36. The zero-order chi connectivity index (χ0) is 15.7. The molecule has 0 bridgehead atoms. The van der Waals surface area contributed by atoms with Gasteiger partial charge in [-0.3, -0.25) is 0 Å². The van der Waals surface area contributed by atoms with Crippen LogP contribution in [0.4, 0.5) is 0 Å². The first-order valence-corrected chi connectivity index (χ1v) is 7.11. The molecule has 0 spiro atoms. The van der Waals surface area contributed by atoms with E-state index in [0.29, 0.717) is 13.2 Å². The number of methoxy groups -OCH3 is 2. The number of esters is 1. The van der Waals surface area contributed by atoms with Crippen molar-refractivity contribution in [2.24, 2.45) is 0 Å². The van der Waals surface area contributed by atoms with Crippen LogP contribution in [0.3, 0.4) is 0 Å². The van der Waals surface area contributed by atoms with Gasteiger partial charge in [-0.25, -0.2) is 4.79 Å². The lowest BCUT2D eigenvalue weighted by atomic mass is 9.89. The Balaban J connectivity index is 2.94. The van der Waals surface area contributed by atoms with E-state index in [2.05, 4.69) is 10.2 Å². The fraction of sp³-hybridized carbons (Fsp3) is 0.562. The van der Waals surface area contributed by atoms with E-state index in [1.165, 1.54) is 7.11 Å². The highest BCUT2D eigenvalue weighted by atomic mass is 16.5. The summed E-state index contributed by atoms with van der Waals surface area (Å²) in [5, 5.41) is 3.16. The number of ether oxygens (including phenoxy) is 2. The molecule has 5 nitrogen and oxygen atoms in total. The molecule has 0 fully saturated rings. The molecule has 0 aliphatic carbocycles. The van der Waals surface area contributed by atoms with Gasteiger partial charge in [-0.05, 0) is 26.1 Å². The number of hydrogen-bond donors (Lipinski definition) is 1. The molecular formula is C16H26N2O3. The lowest BCUT2D eigenvalue weighted by Crippen LogP contribution is -2.55. The minimum absolute atomic E-state index is 0.283. The third-order valence-corrected chi connectivity index (χ3v) is 3.62. The second-order valence-corrected chi connectivity index (χ2v) is 5.10. The fourth-order valence-electron chi connectivity index (χ4n) is 2.46. The van der Waals surface area contributed by atoms with E-state index in [1.807, 2.05) is 37.4 Å². The van der Waals surface area contributed by atoms with Crippen LogP contribution in [-0.2, 0) is 19.8 Å². The van der Waals surface area contributed by atoms with E-state index in [-0.39, 0.29) is 5.97 Å². The highest BCUT2D eigenvalue weighted by Gasteiger charge is 2.40. The summed E-state index contributed by atoms with van der Waals surface area (Å²) in [5.74, 6) is -0.283. The second kappa shape index (κ2) is 8.77. The van der Waals surface area contributed by atoms with E-state index in [1.54, 1.807) is 14.2 Å². The first-order chi connectivity index (χ1) is 10.1. The van der Waals surface area contributed by atoms with E-state index in [4.69, 9.17) is 9.47 Å². The van der Waals surface area contributed by atoms with E-state index in [0.717, 1.165) is 18.5 Å². The molecule has 1 unspecified atom stereocenters. The zero-order valence-corrected chi connectivity index (χ0v) is 13.4. The maximum absolute atomic E-state index is 12.4. The van der Waals surface area contributed by atoms with Gasteiger partial charge in [0.15, 0.2) is 5.54 Å². The number of hydrogen-bond acceptors (Lipinski definition) is 5. The minimum Gasteiger partial charge on any atom is -0.467 e. The summed E-state index contributed by atoms with van der Waals surface area (Å²) >= 11 is 0. The van der Waals surface area contributed by atoms with E-state index >= 15 is 0 Å². The summed E-state index contributed by atoms with van der Waals surface area (Å²) in [6, 6.07) is 9.67. The first kappa shape index (κ1) is 17.6. The van der Waals surface area contributed by atoms with Gasteiger partial charge in [-0.2, -0.15) is 0 Å². The molecule has 118 valence electrons. The topological polar surface area (TPSA) is 50.8 Å². The van der Waals surface area contributed by atoms with Crippen LogP contribution < -0.4 is 5.32 Å². The number of rotatable bonds is 9. The minimum atomic E-state index is -0.863. The maximum atomic E-state index is 12.4. The third-order valence-electron chi connectivity index (χ3n) is 3.62. The quantitative estimate of drug-likeness (QED) is 0.548. The molecule has 1 aromatic carbocycles. The molecule has 0 amide bonds. The Bertz CT molecular complexity index is 425. The lowest BCUT2D eigenvalue weighted by molar-refractivity contribution is -0.149. The predicted octanol–water partition coefficient (Wildman–Crippen LogP) is 1.24. The van der Waals surface area contributed by atoms with Gasteiger partial charge in [0.1, 0.15) is 0 Å². The second-order valence-electron chi connectivity index (χ2n) is 5.10. The molecule has 0 heterocycles. The normalized spacial score (nSPS) is 14.0. The molecule has 21 heavy (non-hydrogen) atoms. The van der Waals surface area contributed by atoms with Crippen LogP contribution in [0.5, 0.6) is 0 Å². The number of likely N-dealkylation sites (N-methyl/N-ethyl adjacent to an activating group) is 2. The third kappa shape index (κ3) is 4.52. The molecule has 0 aromatic heterocycles. The van der Waals surface area contributed by atoms with Crippen molar-refractivity contribution in [2.45, 2.75) is 12.0 Å². The molecule has 5 heteroatoms. The first-order valence-electron chi connectivity index (χ1n) is 7.11. The number of benzene rings is 1. The molecule has 0 aliphatic heterocycles. The standard InChI is InChI=1S/C16H26N2O3/c1-17-16(15(19)21-4,14-9-6-5-7-10-14)13-18(2)11-8-12-20-3/h5-7,9-10,17H,8,11-13H2,1-4H3. The predicted molar refractivity (Wildman–Crippen MR) is 83.2 cm³/mol. The van der Waals surface area contributed by atoms with Gasteiger partial charge in [0, 0.05) is 26.8 Å². The molecule has 0 radical (unpaired) electrons. The van der Waals surface area contributed by atoms with Crippen molar-refractivity contribution in [3.05, 3.63) is 35.9 Å². The van der Waals surface area contributed by atoms with Crippen LogP contribution in [0.2, 0.25) is 0 Å². The number of nitrogens with one attached hydrogen (secondary N) is 1. The Morgan fingerprint density at radius 1 is 1.29 bits per heavy atom. The average molecular weight is 294 g/mol. The summed E-state index contributed by atoms with van der Waals surface area (Å²) in [6.07, 6.45) is 0.919. The van der Waals surface area contributed by atoms with Crippen molar-refractivity contribution in [1.29, 1.82) is 0 Å². The smallest absolute Gasteiger partial charge is 0.332 e. The highest BCUT2D eigenvalue weighted by Crippen LogP contribution is 2.23. The number of carbonyl (C=O) groups is 1. The molecule has 1 atom stereocenters. The fourth-order valence-corrected chi connectivity index (χ4v) is 2.46.